The molecule has 1 unspecified atom stereocenters. The summed E-state index contributed by atoms with van der Waals surface area (Å²) in [5, 5.41) is 7.67. The smallest absolute Gasteiger partial charge is 0.253 e. The summed E-state index contributed by atoms with van der Waals surface area (Å²) in [6.45, 7) is 10.2. The van der Waals surface area contributed by atoms with E-state index >= 15 is 0 Å². The number of benzene rings is 1. The van der Waals surface area contributed by atoms with E-state index in [9.17, 15) is 4.79 Å². The number of aromatic amines is 1. The summed E-state index contributed by atoms with van der Waals surface area (Å²) in [7, 11) is 0. The highest BCUT2D eigenvalue weighted by Gasteiger charge is 2.31. The van der Waals surface area contributed by atoms with E-state index in [4.69, 9.17) is 0 Å². The van der Waals surface area contributed by atoms with E-state index in [1.165, 1.54) is 24.1 Å². The maximum absolute atomic E-state index is 13.1. The molecule has 1 aliphatic carbocycles. The lowest BCUT2D eigenvalue weighted by Crippen LogP contribution is -2.38. The van der Waals surface area contributed by atoms with Gasteiger partial charge in [-0.05, 0) is 57.0 Å². The van der Waals surface area contributed by atoms with Gasteiger partial charge < -0.3 is 4.90 Å². The molecule has 2 aliphatic rings. The molecular weight excluding hydrogens is 336 g/mol. The molecule has 0 bridgehead atoms. The van der Waals surface area contributed by atoms with Gasteiger partial charge >= 0.3 is 0 Å². The predicted molar refractivity (Wildman–Crippen MR) is 108 cm³/mol. The Kier molecular flexibility index (Phi) is 5.04. The van der Waals surface area contributed by atoms with Crippen molar-refractivity contribution in [3.8, 4) is 11.1 Å². The van der Waals surface area contributed by atoms with E-state index < -0.39 is 0 Å². The highest BCUT2D eigenvalue weighted by Crippen LogP contribution is 2.44. The van der Waals surface area contributed by atoms with Crippen LogP contribution in [0, 0.1) is 6.92 Å². The Balaban J connectivity index is 1.55. The normalized spacial score (nSPS) is 19.9. The lowest BCUT2D eigenvalue weighted by atomic mass is 9.99. The maximum Gasteiger partial charge on any atom is 0.253 e. The van der Waals surface area contributed by atoms with E-state index in [1.807, 2.05) is 17.0 Å². The fourth-order valence-electron chi connectivity index (χ4n) is 4.42. The molecule has 1 saturated heterocycles. The van der Waals surface area contributed by atoms with Gasteiger partial charge in [0.2, 0.25) is 0 Å². The SMILES string of the molecule is CCN(CC)C1CCN(C(=O)c2cccc(-c3c(C4CC4)n[nH]c3C)c2)C1. The molecule has 5 nitrogen and oxygen atoms in total. The Bertz CT molecular complexity index is 819. The monoisotopic (exact) mass is 366 g/mol. The molecule has 0 radical (unpaired) electrons. The zero-order chi connectivity index (χ0) is 19.0. The number of likely N-dealkylation sites (N-methyl/N-ethyl adjacent to an activating group) is 1. The minimum absolute atomic E-state index is 0.153. The number of carbonyl (C=O) groups is 1. The molecule has 2 fully saturated rings. The highest BCUT2D eigenvalue weighted by atomic mass is 16.2. The van der Waals surface area contributed by atoms with Gasteiger partial charge in [-0.3, -0.25) is 14.8 Å². The molecule has 1 amide bonds. The van der Waals surface area contributed by atoms with Crippen molar-refractivity contribution in [3.63, 3.8) is 0 Å². The van der Waals surface area contributed by atoms with Gasteiger partial charge in [0, 0.05) is 41.9 Å². The van der Waals surface area contributed by atoms with Gasteiger partial charge in [0.1, 0.15) is 0 Å². The molecule has 1 N–H and O–H groups in total. The first-order valence-corrected chi connectivity index (χ1v) is 10.3. The standard InChI is InChI=1S/C22H30N4O/c1-4-25(5-2)19-11-12-26(14-19)22(27)18-8-6-7-17(13-18)20-15(3)23-24-21(20)16-9-10-16/h6-8,13,16,19H,4-5,9-12,14H2,1-3H3,(H,23,24). The third-order valence-corrected chi connectivity index (χ3v) is 6.12. The fourth-order valence-corrected chi connectivity index (χ4v) is 4.42. The summed E-state index contributed by atoms with van der Waals surface area (Å²) in [6, 6.07) is 8.59. The largest absolute Gasteiger partial charge is 0.337 e. The van der Waals surface area contributed by atoms with Gasteiger partial charge in [0.25, 0.3) is 5.91 Å². The Morgan fingerprint density at radius 3 is 2.74 bits per heavy atom. The van der Waals surface area contributed by atoms with Crippen LogP contribution < -0.4 is 0 Å². The molecule has 1 aliphatic heterocycles. The third kappa shape index (κ3) is 3.53. The van der Waals surface area contributed by atoms with Gasteiger partial charge in [-0.2, -0.15) is 5.10 Å². The minimum atomic E-state index is 0.153. The van der Waals surface area contributed by atoms with Gasteiger partial charge in [-0.25, -0.2) is 0 Å². The number of carbonyl (C=O) groups excluding carboxylic acids is 1. The van der Waals surface area contributed by atoms with E-state index in [-0.39, 0.29) is 5.91 Å². The average molecular weight is 367 g/mol. The molecule has 27 heavy (non-hydrogen) atoms. The number of aromatic nitrogens is 2. The molecule has 4 rings (SSSR count). The number of nitrogens with one attached hydrogen (secondary N) is 1. The highest BCUT2D eigenvalue weighted by molar-refractivity contribution is 5.96. The van der Waals surface area contributed by atoms with E-state index in [1.54, 1.807) is 0 Å². The van der Waals surface area contributed by atoms with Crippen LogP contribution in [-0.4, -0.2) is 58.1 Å². The van der Waals surface area contributed by atoms with Crippen LogP contribution in [0.4, 0.5) is 0 Å². The van der Waals surface area contributed by atoms with Gasteiger partial charge in [-0.15, -0.1) is 0 Å². The van der Waals surface area contributed by atoms with Crippen LogP contribution >= 0.6 is 0 Å². The molecule has 1 aromatic carbocycles. The van der Waals surface area contributed by atoms with Crippen molar-refractivity contribution in [2.24, 2.45) is 0 Å². The Morgan fingerprint density at radius 1 is 1.26 bits per heavy atom. The molecule has 2 aromatic rings. The van der Waals surface area contributed by atoms with Crippen molar-refractivity contribution in [1.82, 2.24) is 20.0 Å². The zero-order valence-electron chi connectivity index (χ0n) is 16.7. The summed E-state index contributed by atoms with van der Waals surface area (Å²) in [5.41, 5.74) is 5.34. The first-order chi connectivity index (χ1) is 13.1. The van der Waals surface area contributed by atoms with Crippen LogP contribution in [0.1, 0.15) is 60.8 Å². The van der Waals surface area contributed by atoms with Crippen molar-refractivity contribution < 1.29 is 4.79 Å². The number of amides is 1. The summed E-state index contributed by atoms with van der Waals surface area (Å²) < 4.78 is 0. The van der Waals surface area contributed by atoms with Gasteiger partial charge in [-0.1, -0.05) is 26.0 Å². The van der Waals surface area contributed by atoms with Crippen LogP contribution in [-0.2, 0) is 0 Å². The second kappa shape index (κ2) is 7.47. The molecule has 5 heteroatoms. The lowest BCUT2D eigenvalue weighted by Gasteiger charge is -2.26. The first kappa shape index (κ1) is 18.2. The third-order valence-electron chi connectivity index (χ3n) is 6.12. The quantitative estimate of drug-likeness (QED) is 0.846. The second-order valence-corrected chi connectivity index (χ2v) is 7.88. The molecular formula is C22H30N4O. The van der Waals surface area contributed by atoms with Crippen LogP contribution in [0.15, 0.2) is 24.3 Å². The van der Waals surface area contributed by atoms with Crippen LogP contribution in [0.25, 0.3) is 11.1 Å². The molecule has 1 aromatic heterocycles. The maximum atomic E-state index is 13.1. The number of nitrogens with zero attached hydrogens (tertiary/aromatic N) is 3. The first-order valence-electron chi connectivity index (χ1n) is 10.3. The Labute approximate surface area is 161 Å². The predicted octanol–water partition coefficient (Wildman–Crippen LogP) is 3.82. The summed E-state index contributed by atoms with van der Waals surface area (Å²) >= 11 is 0. The zero-order valence-corrected chi connectivity index (χ0v) is 16.7. The number of rotatable bonds is 6. The van der Waals surface area contributed by atoms with Crippen molar-refractivity contribution in [2.75, 3.05) is 26.2 Å². The van der Waals surface area contributed by atoms with Crippen molar-refractivity contribution in [1.29, 1.82) is 0 Å². The fraction of sp³-hybridized carbons (Fsp3) is 0.545. The number of hydrogen-bond donors (Lipinski definition) is 1. The molecule has 144 valence electrons. The van der Waals surface area contributed by atoms with E-state index in [0.29, 0.717) is 12.0 Å². The number of H-pyrrole nitrogens is 1. The van der Waals surface area contributed by atoms with E-state index in [2.05, 4.69) is 48.0 Å². The minimum Gasteiger partial charge on any atom is -0.337 e. The molecule has 1 saturated carbocycles. The number of aryl methyl sites for hydroxylation is 1. The van der Waals surface area contributed by atoms with Crippen LogP contribution in [0.3, 0.4) is 0 Å². The van der Waals surface area contributed by atoms with Crippen LogP contribution in [0.5, 0.6) is 0 Å². The lowest BCUT2D eigenvalue weighted by molar-refractivity contribution is 0.0778. The number of likely N-dealkylation sites (tertiary alicyclic amines) is 1. The summed E-state index contributed by atoms with van der Waals surface area (Å²) in [5.74, 6) is 0.735. The molecule has 1 atom stereocenters. The topological polar surface area (TPSA) is 52.2 Å². The number of hydrogen-bond acceptors (Lipinski definition) is 3. The van der Waals surface area contributed by atoms with Crippen molar-refractivity contribution in [2.45, 2.75) is 52.0 Å². The van der Waals surface area contributed by atoms with Crippen molar-refractivity contribution in [3.05, 3.63) is 41.2 Å². The molecule has 0 spiro atoms. The summed E-state index contributed by atoms with van der Waals surface area (Å²) in [4.78, 5) is 17.6. The summed E-state index contributed by atoms with van der Waals surface area (Å²) in [6.07, 6.45) is 3.51. The van der Waals surface area contributed by atoms with Gasteiger partial charge in [0.15, 0.2) is 0 Å². The Hall–Kier alpha value is -2.14. The second-order valence-electron chi connectivity index (χ2n) is 7.88. The van der Waals surface area contributed by atoms with Gasteiger partial charge in [0.05, 0.1) is 5.69 Å². The van der Waals surface area contributed by atoms with Crippen LogP contribution in [0.2, 0.25) is 0 Å². The molecule has 2 heterocycles. The van der Waals surface area contributed by atoms with Crippen molar-refractivity contribution >= 4 is 5.91 Å². The average Bonchev–Trinajstić information content (AvgIpc) is 3.29. The van der Waals surface area contributed by atoms with E-state index in [0.717, 1.165) is 49.4 Å². The Morgan fingerprint density at radius 2 is 2.04 bits per heavy atom.